The third-order valence-electron chi connectivity index (χ3n) is 5.15. The molecule has 0 unspecified atom stereocenters. The van der Waals surface area contributed by atoms with Crippen LogP contribution in [0.5, 0.6) is 0 Å². The number of hydrazone groups is 1. The molecule has 2 aromatic rings. The fraction of sp³-hybridized carbons (Fsp3) is 0.238. The normalized spacial score (nSPS) is 23.3. The predicted molar refractivity (Wildman–Crippen MR) is 107 cm³/mol. The van der Waals surface area contributed by atoms with Crippen molar-refractivity contribution in [1.82, 2.24) is 5.01 Å². The topological polar surface area (TPSA) is 41.6 Å². The molecule has 0 aromatic heterocycles. The number of nitrogens with two attached hydrogens (primary N) is 1. The Morgan fingerprint density at radius 3 is 2.33 bits per heavy atom. The monoisotopic (exact) mass is 383 g/mol. The quantitative estimate of drug-likeness (QED) is 0.757. The first-order valence-electron chi connectivity index (χ1n) is 8.92. The van der Waals surface area contributed by atoms with Gasteiger partial charge in [-0.25, -0.2) is 13.8 Å². The molecule has 2 atom stereocenters. The molecule has 0 spiro atoms. The van der Waals surface area contributed by atoms with E-state index in [1.54, 1.807) is 29.3 Å². The van der Waals surface area contributed by atoms with Gasteiger partial charge in [0, 0.05) is 5.92 Å². The second kappa shape index (κ2) is 7.19. The number of allylic oxidation sites excluding steroid dienone is 1. The third-order valence-corrected chi connectivity index (χ3v) is 5.34. The summed E-state index contributed by atoms with van der Waals surface area (Å²) in [5.74, 6) is -0.398. The Balaban J connectivity index is 1.72. The molecular formula is C21H19F2N3S. The van der Waals surface area contributed by atoms with Gasteiger partial charge < -0.3 is 5.73 Å². The second-order valence-corrected chi connectivity index (χ2v) is 7.30. The molecule has 0 amide bonds. The van der Waals surface area contributed by atoms with Gasteiger partial charge in [0.15, 0.2) is 5.11 Å². The Labute approximate surface area is 162 Å². The average molecular weight is 383 g/mol. The molecule has 1 heterocycles. The van der Waals surface area contributed by atoms with Crippen LogP contribution in [0.15, 0.2) is 59.2 Å². The van der Waals surface area contributed by atoms with E-state index in [4.69, 9.17) is 23.1 Å². The maximum Gasteiger partial charge on any atom is 0.187 e. The van der Waals surface area contributed by atoms with Gasteiger partial charge in [0.2, 0.25) is 0 Å². The number of rotatable bonds is 2. The maximum atomic E-state index is 13.4. The van der Waals surface area contributed by atoms with Crippen molar-refractivity contribution in [3.63, 3.8) is 0 Å². The number of fused-ring (bicyclic) bond motifs is 1. The van der Waals surface area contributed by atoms with Gasteiger partial charge in [-0.3, -0.25) is 0 Å². The smallest absolute Gasteiger partial charge is 0.187 e. The Kier molecular flexibility index (Phi) is 4.74. The van der Waals surface area contributed by atoms with E-state index in [1.807, 2.05) is 0 Å². The van der Waals surface area contributed by atoms with Crippen LogP contribution in [0.25, 0.3) is 6.08 Å². The summed E-state index contributed by atoms with van der Waals surface area (Å²) in [5.41, 5.74) is 9.89. The lowest BCUT2D eigenvalue weighted by Crippen LogP contribution is -2.34. The minimum Gasteiger partial charge on any atom is -0.375 e. The summed E-state index contributed by atoms with van der Waals surface area (Å²) in [5, 5.41) is 6.61. The number of nitrogens with zero attached hydrogens (tertiary/aromatic N) is 2. The molecular weight excluding hydrogens is 364 g/mol. The van der Waals surface area contributed by atoms with E-state index in [9.17, 15) is 8.78 Å². The first-order valence-corrected chi connectivity index (χ1v) is 9.33. The lowest BCUT2D eigenvalue weighted by atomic mass is 9.77. The molecule has 6 heteroatoms. The van der Waals surface area contributed by atoms with Crippen LogP contribution in [0.4, 0.5) is 8.78 Å². The van der Waals surface area contributed by atoms with E-state index in [0.29, 0.717) is 0 Å². The summed E-state index contributed by atoms with van der Waals surface area (Å²) < 4.78 is 26.5. The van der Waals surface area contributed by atoms with E-state index < -0.39 is 0 Å². The average Bonchev–Trinajstić information content (AvgIpc) is 3.05. The van der Waals surface area contributed by atoms with Gasteiger partial charge in [-0.15, -0.1) is 0 Å². The van der Waals surface area contributed by atoms with Crippen molar-refractivity contribution in [3.05, 3.63) is 76.9 Å². The second-order valence-electron chi connectivity index (χ2n) is 6.88. The largest absolute Gasteiger partial charge is 0.375 e. The Morgan fingerprint density at radius 2 is 1.70 bits per heavy atom. The summed E-state index contributed by atoms with van der Waals surface area (Å²) in [6, 6.07) is 12.7. The molecule has 4 rings (SSSR count). The van der Waals surface area contributed by atoms with Crippen molar-refractivity contribution < 1.29 is 8.78 Å². The molecule has 3 nitrogen and oxygen atoms in total. The minimum absolute atomic E-state index is 0.130. The van der Waals surface area contributed by atoms with Gasteiger partial charge in [0.05, 0.1) is 11.8 Å². The van der Waals surface area contributed by atoms with E-state index in [2.05, 4.69) is 6.08 Å². The SMILES string of the molecule is NC(=S)N1N=C2/C(=C\c3ccc(F)cc3)CCC[C@@H]2[C@H]1c1ccc(F)cc1. The van der Waals surface area contributed by atoms with Gasteiger partial charge in [0.25, 0.3) is 0 Å². The van der Waals surface area contributed by atoms with E-state index >= 15 is 0 Å². The van der Waals surface area contributed by atoms with Gasteiger partial charge in [-0.2, -0.15) is 5.10 Å². The Morgan fingerprint density at radius 1 is 1.07 bits per heavy atom. The number of hydrogen-bond acceptors (Lipinski definition) is 2. The lowest BCUT2D eigenvalue weighted by molar-refractivity contribution is 0.305. The van der Waals surface area contributed by atoms with Crippen LogP contribution in [-0.2, 0) is 0 Å². The summed E-state index contributed by atoms with van der Waals surface area (Å²) in [6.07, 6.45) is 4.92. The highest BCUT2D eigenvalue weighted by atomic mass is 32.1. The standard InChI is InChI=1S/C21H19F2N3S/c22-16-8-4-13(5-9-16)12-15-2-1-3-18-19(15)25-26(21(24)27)20(18)14-6-10-17(23)11-7-14/h4-12,18,20H,1-3H2,(H2,24,27)/b15-12-/t18-,20+/m0/s1. The summed E-state index contributed by atoms with van der Waals surface area (Å²) >= 11 is 5.22. The number of hydrogen-bond donors (Lipinski definition) is 1. The molecule has 138 valence electrons. The van der Waals surface area contributed by atoms with Crippen LogP contribution < -0.4 is 5.73 Å². The van der Waals surface area contributed by atoms with E-state index in [1.165, 1.54) is 24.3 Å². The summed E-state index contributed by atoms with van der Waals surface area (Å²) in [4.78, 5) is 0. The van der Waals surface area contributed by atoms with Crippen molar-refractivity contribution in [2.75, 3.05) is 0 Å². The van der Waals surface area contributed by atoms with Gasteiger partial charge in [0.1, 0.15) is 11.6 Å². The van der Waals surface area contributed by atoms with Crippen LogP contribution in [0.2, 0.25) is 0 Å². The van der Waals surface area contributed by atoms with Crippen LogP contribution in [0.1, 0.15) is 36.4 Å². The molecule has 0 saturated heterocycles. The van der Waals surface area contributed by atoms with Crippen molar-refractivity contribution in [3.8, 4) is 0 Å². The molecule has 1 fully saturated rings. The van der Waals surface area contributed by atoms with Crippen molar-refractivity contribution in [2.24, 2.45) is 16.8 Å². The predicted octanol–water partition coefficient (Wildman–Crippen LogP) is 4.80. The zero-order chi connectivity index (χ0) is 19.0. The van der Waals surface area contributed by atoms with Gasteiger partial charge in [-0.1, -0.05) is 24.3 Å². The molecule has 1 aliphatic carbocycles. The zero-order valence-electron chi connectivity index (χ0n) is 14.6. The van der Waals surface area contributed by atoms with Crippen LogP contribution in [-0.4, -0.2) is 15.8 Å². The van der Waals surface area contributed by atoms with Crippen molar-refractivity contribution in [1.29, 1.82) is 0 Å². The van der Waals surface area contributed by atoms with E-state index in [0.717, 1.165) is 41.7 Å². The van der Waals surface area contributed by atoms with E-state index in [-0.39, 0.29) is 28.7 Å². The maximum absolute atomic E-state index is 13.4. The highest BCUT2D eigenvalue weighted by Gasteiger charge is 2.42. The molecule has 0 radical (unpaired) electrons. The van der Waals surface area contributed by atoms with Crippen LogP contribution in [0, 0.1) is 17.6 Å². The highest BCUT2D eigenvalue weighted by Crippen LogP contribution is 2.44. The Hall–Kier alpha value is -2.60. The molecule has 1 aliphatic heterocycles. The summed E-state index contributed by atoms with van der Waals surface area (Å²) in [6.45, 7) is 0. The number of thiocarbonyl (C=S) groups is 1. The fourth-order valence-electron chi connectivity index (χ4n) is 3.94. The molecule has 2 N–H and O–H groups in total. The minimum atomic E-state index is -0.277. The number of benzene rings is 2. The molecule has 27 heavy (non-hydrogen) atoms. The first-order chi connectivity index (χ1) is 13.0. The highest BCUT2D eigenvalue weighted by molar-refractivity contribution is 7.80. The summed E-state index contributed by atoms with van der Waals surface area (Å²) in [7, 11) is 0. The third kappa shape index (κ3) is 3.49. The fourth-order valence-corrected chi connectivity index (χ4v) is 4.09. The van der Waals surface area contributed by atoms with Crippen LogP contribution >= 0.6 is 12.2 Å². The zero-order valence-corrected chi connectivity index (χ0v) is 15.4. The van der Waals surface area contributed by atoms with Crippen LogP contribution in [0.3, 0.4) is 0 Å². The number of halogens is 2. The molecule has 1 saturated carbocycles. The molecule has 2 aliphatic rings. The van der Waals surface area contributed by atoms with Crippen molar-refractivity contribution in [2.45, 2.75) is 25.3 Å². The van der Waals surface area contributed by atoms with Gasteiger partial charge >= 0.3 is 0 Å². The molecule has 0 bridgehead atoms. The lowest BCUT2D eigenvalue weighted by Gasteiger charge is -2.29. The molecule has 2 aromatic carbocycles. The van der Waals surface area contributed by atoms with Crippen molar-refractivity contribution >= 4 is 29.1 Å². The van der Waals surface area contributed by atoms with Gasteiger partial charge in [-0.05, 0) is 78.5 Å². The first kappa shape index (κ1) is 17.8. The Bertz CT molecular complexity index is 919.